The average molecular weight is 198 g/mol. The van der Waals surface area contributed by atoms with Crippen molar-refractivity contribution in [1.82, 2.24) is 4.90 Å². The summed E-state index contributed by atoms with van der Waals surface area (Å²) in [6, 6.07) is -0.128. The Bertz CT molecular complexity index is 257. The predicted octanol–water partition coefficient (Wildman–Crippen LogP) is 0.509. The molecule has 4 heteroatoms. The van der Waals surface area contributed by atoms with Gasteiger partial charge in [0.05, 0.1) is 11.5 Å². The molecular weight excluding hydrogens is 180 g/mol. The van der Waals surface area contributed by atoms with Gasteiger partial charge >= 0.3 is 0 Å². The summed E-state index contributed by atoms with van der Waals surface area (Å²) in [5, 5.41) is 0. The highest BCUT2D eigenvalue weighted by molar-refractivity contribution is 6.05. The number of imide groups is 1. The summed E-state index contributed by atoms with van der Waals surface area (Å²) in [6.45, 7) is 5.89. The van der Waals surface area contributed by atoms with Crippen LogP contribution in [0.3, 0.4) is 0 Å². The molecule has 0 aliphatic carbocycles. The van der Waals surface area contributed by atoms with E-state index in [1.807, 2.05) is 6.92 Å². The van der Waals surface area contributed by atoms with Crippen LogP contribution < -0.4 is 5.73 Å². The Balaban J connectivity index is 2.90. The fraction of sp³-hybridized carbons (Fsp3) is 0.800. The van der Waals surface area contributed by atoms with E-state index < -0.39 is 5.41 Å². The van der Waals surface area contributed by atoms with E-state index in [0.29, 0.717) is 13.0 Å². The van der Waals surface area contributed by atoms with Crippen molar-refractivity contribution in [3.8, 4) is 0 Å². The molecule has 0 aromatic carbocycles. The third kappa shape index (κ3) is 1.66. The Morgan fingerprint density at radius 1 is 1.50 bits per heavy atom. The molecule has 4 nitrogen and oxygen atoms in total. The summed E-state index contributed by atoms with van der Waals surface area (Å²) >= 11 is 0. The molecule has 1 aliphatic rings. The maximum atomic E-state index is 11.8. The molecule has 0 aromatic heterocycles. The van der Waals surface area contributed by atoms with Gasteiger partial charge in [0.2, 0.25) is 11.8 Å². The lowest BCUT2D eigenvalue weighted by molar-refractivity contribution is -0.143. The molecule has 0 aromatic rings. The lowest BCUT2D eigenvalue weighted by Gasteiger charge is -2.25. The van der Waals surface area contributed by atoms with Crippen molar-refractivity contribution in [1.29, 1.82) is 0 Å². The minimum Gasteiger partial charge on any atom is -0.328 e. The van der Waals surface area contributed by atoms with Gasteiger partial charge < -0.3 is 5.73 Å². The highest BCUT2D eigenvalue weighted by Gasteiger charge is 2.46. The molecular formula is C10H18N2O2. The molecule has 0 bridgehead atoms. The second kappa shape index (κ2) is 3.69. The predicted molar refractivity (Wildman–Crippen MR) is 53.4 cm³/mol. The zero-order valence-electron chi connectivity index (χ0n) is 9.04. The van der Waals surface area contributed by atoms with Crippen molar-refractivity contribution in [3.05, 3.63) is 0 Å². The van der Waals surface area contributed by atoms with E-state index in [1.165, 1.54) is 4.90 Å². The maximum absolute atomic E-state index is 11.8. The van der Waals surface area contributed by atoms with E-state index in [0.717, 1.165) is 6.42 Å². The van der Waals surface area contributed by atoms with Gasteiger partial charge in [-0.15, -0.1) is 0 Å². The van der Waals surface area contributed by atoms with Crippen LogP contribution in [0.25, 0.3) is 0 Å². The molecule has 1 heterocycles. The maximum Gasteiger partial charge on any atom is 0.235 e. The van der Waals surface area contributed by atoms with Crippen LogP contribution in [0.4, 0.5) is 0 Å². The largest absolute Gasteiger partial charge is 0.328 e. The first-order chi connectivity index (χ1) is 6.44. The number of likely N-dealkylation sites (tertiary alicyclic amines) is 1. The smallest absolute Gasteiger partial charge is 0.235 e. The van der Waals surface area contributed by atoms with Crippen LogP contribution in [-0.2, 0) is 9.59 Å². The first-order valence-electron chi connectivity index (χ1n) is 5.00. The summed E-state index contributed by atoms with van der Waals surface area (Å²) in [4.78, 5) is 24.8. The lowest BCUT2D eigenvalue weighted by atomic mass is 9.92. The van der Waals surface area contributed by atoms with Crippen molar-refractivity contribution < 1.29 is 9.59 Å². The SMILES string of the molecule is CCC(CN)N1C(=O)CC(C)(C)C1=O. The number of hydrogen-bond donors (Lipinski definition) is 1. The Labute approximate surface area is 84.4 Å². The molecule has 1 unspecified atom stereocenters. The minimum atomic E-state index is -0.542. The molecule has 0 radical (unpaired) electrons. The fourth-order valence-corrected chi connectivity index (χ4v) is 1.80. The molecule has 1 fully saturated rings. The number of carbonyl (C=O) groups excluding carboxylic acids is 2. The Morgan fingerprint density at radius 2 is 2.07 bits per heavy atom. The summed E-state index contributed by atoms with van der Waals surface area (Å²) in [5.41, 5.74) is 4.99. The van der Waals surface area contributed by atoms with E-state index in [-0.39, 0.29) is 17.9 Å². The number of nitrogens with two attached hydrogens (primary N) is 1. The monoisotopic (exact) mass is 198 g/mol. The zero-order valence-corrected chi connectivity index (χ0v) is 9.04. The van der Waals surface area contributed by atoms with Crippen molar-refractivity contribution in [2.75, 3.05) is 6.54 Å². The third-order valence-corrected chi connectivity index (χ3v) is 2.77. The van der Waals surface area contributed by atoms with Crippen molar-refractivity contribution >= 4 is 11.8 Å². The zero-order chi connectivity index (χ0) is 10.9. The van der Waals surface area contributed by atoms with Crippen LogP contribution in [0.15, 0.2) is 0 Å². The molecule has 80 valence electrons. The van der Waals surface area contributed by atoms with Crippen LogP contribution in [-0.4, -0.2) is 29.3 Å². The Morgan fingerprint density at radius 3 is 2.36 bits per heavy atom. The highest BCUT2D eigenvalue weighted by atomic mass is 16.2. The fourth-order valence-electron chi connectivity index (χ4n) is 1.80. The quantitative estimate of drug-likeness (QED) is 0.672. The number of rotatable bonds is 3. The van der Waals surface area contributed by atoms with E-state index in [1.54, 1.807) is 13.8 Å². The molecule has 0 spiro atoms. The minimum absolute atomic E-state index is 0.0835. The van der Waals surface area contributed by atoms with E-state index >= 15 is 0 Å². The summed E-state index contributed by atoms with van der Waals surface area (Å²) < 4.78 is 0. The summed E-state index contributed by atoms with van der Waals surface area (Å²) in [7, 11) is 0. The normalized spacial score (nSPS) is 23.0. The Hall–Kier alpha value is -0.900. The molecule has 0 saturated carbocycles. The average Bonchev–Trinajstić information content (AvgIpc) is 2.29. The molecule has 1 atom stereocenters. The van der Waals surface area contributed by atoms with Crippen LogP contribution in [0.5, 0.6) is 0 Å². The standard InChI is InChI=1S/C10H18N2O2/c1-4-7(6-11)12-8(13)5-10(2,3)9(12)14/h7H,4-6,11H2,1-3H3. The van der Waals surface area contributed by atoms with Crippen molar-refractivity contribution in [2.24, 2.45) is 11.1 Å². The van der Waals surface area contributed by atoms with Gasteiger partial charge in [0, 0.05) is 13.0 Å². The van der Waals surface area contributed by atoms with Gasteiger partial charge in [0.15, 0.2) is 0 Å². The van der Waals surface area contributed by atoms with E-state index in [9.17, 15) is 9.59 Å². The Kier molecular flexibility index (Phi) is 2.95. The lowest BCUT2D eigenvalue weighted by Crippen LogP contribution is -2.45. The van der Waals surface area contributed by atoms with Gasteiger partial charge in [-0.25, -0.2) is 0 Å². The van der Waals surface area contributed by atoms with E-state index in [2.05, 4.69) is 0 Å². The number of carbonyl (C=O) groups is 2. The summed E-state index contributed by atoms with van der Waals surface area (Å²) in [5.74, 6) is -0.169. The second-order valence-corrected chi connectivity index (χ2v) is 4.43. The van der Waals surface area contributed by atoms with Gasteiger partial charge in [0.1, 0.15) is 0 Å². The van der Waals surface area contributed by atoms with Gasteiger partial charge in [-0.1, -0.05) is 20.8 Å². The number of nitrogens with zero attached hydrogens (tertiary/aromatic N) is 1. The molecule has 1 rings (SSSR count). The molecule has 2 N–H and O–H groups in total. The van der Waals surface area contributed by atoms with Crippen molar-refractivity contribution in [3.63, 3.8) is 0 Å². The van der Waals surface area contributed by atoms with Crippen LogP contribution in [0, 0.1) is 5.41 Å². The summed E-state index contributed by atoms with van der Waals surface area (Å²) in [6.07, 6.45) is 1.03. The first kappa shape index (κ1) is 11.2. The molecule has 1 aliphatic heterocycles. The second-order valence-electron chi connectivity index (χ2n) is 4.43. The van der Waals surface area contributed by atoms with Crippen LogP contribution >= 0.6 is 0 Å². The first-order valence-corrected chi connectivity index (χ1v) is 5.00. The van der Waals surface area contributed by atoms with Gasteiger partial charge in [-0.05, 0) is 6.42 Å². The molecule has 14 heavy (non-hydrogen) atoms. The topological polar surface area (TPSA) is 63.4 Å². The molecule has 2 amide bonds. The number of amides is 2. The highest BCUT2D eigenvalue weighted by Crippen LogP contribution is 2.33. The van der Waals surface area contributed by atoms with E-state index in [4.69, 9.17) is 5.73 Å². The van der Waals surface area contributed by atoms with Gasteiger partial charge in [-0.3, -0.25) is 14.5 Å². The number of hydrogen-bond acceptors (Lipinski definition) is 3. The van der Waals surface area contributed by atoms with Gasteiger partial charge in [0.25, 0.3) is 0 Å². The van der Waals surface area contributed by atoms with Crippen molar-refractivity contribution in [2.45, 2.75) is 39.7 Å². The van der Waals surface area contributed by atoms with Crippen LogP contribution in [0.2, 0.25) is 0 Å². The third-order valence-electron chi connectivity index (χ3n) is 2.77. The van der Waals surface area contributed by atoms with Crippen LogP contribution in [0.1, 0.15) is 33.6 Å². The van der Waals surface area contributed by atoms with Gasteiger partial charge in [-0.2, -0.15) is 0 Å². The molecule has 1 saturated heterocycles.